The lowest BCUT2D eigenvalue weighted by Gasteiger charge is -2.46. The lowest BCUT2D eigenvalue weighted by Crippen LogP contribution is -2.47. The number of aliphatic hydroxyl groups excluding tert-OH is 1. The number of nitrogens with zero attached hydrogens (tertiary/aromatic N) is 4. The number of benzene rings is 2. The van der Waals surface area contributed by atoms with Crippen molar-refractivity contribution in [3.63, 3.8) is 0 Å². The zero-order valence-corrected chi connectivity index (χ0v) is 17.0. The number of halogens is 1. The largest absolute Gasteiger partial charge is 0.388 e. The lowest BCUT2D eigenvalue weighted by atomic mass is 9.73. The van der Waals surface area contributed by atoms with E-state index >= 15 is 0 Å². The predicted molar refractivity (Wildman–Crippen MR) is 113 cm³/mol. The Morgan fingerprint density at radius 2 is 1.80 bits per heavy atom. The molecular formula is C24H27FN4O. The van der Waals surface area contributed by atoms with Gasteiger partial charge in [0.05, 0.1) is 18.0 Å². The number of rotatable bonds is 3. The van der Waals surface area contributed by atoms with Crippen LogP contribution in [0.25, 0.3) is 5.69 Å². The van der Waals surface area contributed by atoms with Crippen LogP contribution in [-0.2, 0) is 12.1 Å². The smallest absolute Gasteiger partial charge is 0.148 e. The van der Waals surface area contributed by atoms with Crippen molar-refractivity contribution >= 4 is 0 Å². The summed E-state index contributed by atoms with van der Waals surface area (Å²) in [5, 5.41) is 19.4. The van der Waals surface area contributed by atoms with Crippen molar-refractivity contribution < 1.29 is 9.50 Å². The fourth-order valence-electron chi connectivity index (χ4n) is 5.30. The number of aromatic nitrogens is 3. The first-order chi connectivity index (χ1) is 14.7. The summed E-state index contributed by atoms with van der Waals surface area (Å²) in [6.45, 7) is 1.43. The van der Waals surface area contributed by atoms with Crippen molar-refractivity contribution in [2.45, 2.75) is 56.7 Å². The van der Waals surface area contributed by atoms with Crippen LogP contribution < -0.4 is 0 Å². The summed E-state index contributed by atoms with van der Waals surface area (Å²) >= 11 is 0. The average Bonchev–Trinajstić information content (AvgIpc) is 3.22. The Morgan fingerprint density at radius 1 is 1.03 bits per heavy atom. The molecule has 3 aromatic rings. The highest BCUT2D eigenvalue weighted by atomic mass is 19.1. The maximum Gasteiger partial charge on any atom is 0.148 e. The molecule has 1 saturated carbocycles. The minimum absolute atomic E-state index is 0.0892. The van der Waals surface area contributed by atoms with Gasteiger partial charge in [0.25, 0.3) is 0 Å². The van der Waals surface area contributed by atoms with Gasteiger partial charge in [0.2, 0.25) is 0 Å². The number of hydrogen-bond acceptors (Lipinski definition) is 4. The SMILES string of the molecule is OC1CCN(Cc2cn(-c3ccccc3F)nn2)C2(CCCCC2)c2ccccc21. The second-order valence-corrected chi connectivity index (χ2v) is 8.51. The molecule has 1 spiro atoms. The van der Waals surface area contributed by atoms with E-state index in [-0.39, 0.29) is 11.4 Å². The topological polar surface area (TPSA) is 54.2 Å². The van der Waals surface area contributed by atoms with Gasteiger partial charge in [-0.1, -0.05) is 60.9 Å². The van der Waals surface area contributed by atoms with Crippen LogP contribution in [0.4, 0.5) is 4.39 Å². The first-order valence-electron chi connectivity index (χ1n) is 10.9. The Hall–Kier alpha value is -2.57. The van der Waals surface area contributed by atoms with E-state index in [1.807, 2.05) is 12.3 Å². The molecule has 1 N–H and O–H groups in total. The highest BCUT2D eigenvalue weighted by Crippen LogP contribution is 2.47. The van der Waals surface area contributed by atoms with E-state index in [1.54, 1.807) is 18.2 Å². The zero-order chi connectivity index (χ0) is 20.6. The van der Waals surface area contributed by atoms with Crippen molar-refractivity contribution in [2.75, 3.05) is 6.54 Å². The third kappa shape index (κ3) is 3.34. The Bertz CT molecular complexity index is 1030. The molecular weight excluding hydrogens is 379 g/mol. The molecule has 1 aromatic heterocycles. The minimum Gasteiger partial charge on any atom is -0.388 e. The quantitative estimate of drug-likeness (QED) is 0.696. The summed E-state index contributed by atoms with van der Waals surface area (Å²) < 4.78 is 15.7. The molecule has 1 fully saturated rings. The van der Waals surface area contributed by atoms with Crippen LogP contribution in [0.3, 0.4) is 0 Å². The van der Waals surface area contributed by atoms with Crippen LogP contribution in [0.1, 0.15) is 61.4 Å². The van der Waals surface area contributed by atoms with Gasteiger partial charge in [-0.15, -0.1) is 5.10 Å². The molecule has 0 radical (unpaired) electrons. The van der Waals surface area contributed by atoms with Crippen LogP contribution >= 0.6 is 0 Å². The highest BCUT2D eigenvalue weighted by Gasteiger charge is 2.43. The molecule has 6 heteroatoms. The van der Waals surface area contributed by atoms with Crippen LogP contribution in [-0.4, -0.2) is 31.5 Å². The van der Waals surface area contributed by atoms with E-state index in [9.17, 15) is 9.50 Å². The number of hydrogen-bond donors (Lipinski definition) is 1. The molecule has 2 heterocycles. The van der Waals surface area contributed by atoms with Gasteiger partial charge in [-0.25, -0.2) is 9.07 Å². The molecule has 5 nitrogen and oxygen atoms in total. The Kier molecular flexibility index (Phi) is 5.13. The summed E-state index contributed by atoms with van der Waals surface area (Å²) in [5.74, 6) is -0.315. The third-order valence-electron chi connectivity index (χ3n) is 6.77. The highest BCUT2D eigenvalue weighted by molar-refractivity contribution is 5.37. The Morgan fingerprint density at radius 3 is 2.63 bits per heavy atom. The number of aliphatic hydroxyl groups is 1. The summed E-state index contributed by atoms with van der Waals surface area (Å²) in [7, 11) is 0. The molecule has 1 aliphatic carbocycles. The van der Waals surface area contributed by atoms with E-state index in [1.165, 1.54) is 35.6 Å². The standard InChI is InChI=1S/C24H27FN4O/c25-21-10-4-5-11-22(21)29-17-18(26-27-29)16-28-15-12-23(30)19-8-2-3-9-20(19)24(28)13-6-1-7-14-24/h2-5,8-11,17,23,30H,1,6-7,12-16H2. The van der Waals surface area contributed by atoms with E-state index in [0.717, 1.165) is 30.6 Å². The monoisotopic (exact) mass is 406 g/mol. The second-order valence-electron chi connectivity index (χ2n) is 8.51. The zero-order valence-electron chi connectivity index (χ0n) is 17.0. The summed E-state index contributed by atoms with van der Waals surface area (Å²) in [6.07, 6.45) is 7.85. The molecule has 1 aliphatic heterocycles. The molecule has 5 rings (SSSR count). The van der Waals surface area contributed by atoms with Gasteiger partial charge in [0.1, 0.15) is 11.5 Å². The number of fused-ring (bicyclic) bond motifs is 2. The van der Waals surface area contributed by atoms with Crippen LogP contribution in [0.5, 0.6) is 0 Å². The predicted octanol–water partition coefficient (Wildman–Crippen LogP) is 4.51. The molecule has 0 amide bonds. The summed E-state index contributed by atoms with van der Waals surface area (Å²) in [6, 6.07) is 15.0. The van der Waals surface area contributed by atoms with Gasteiger partial charge in [-0.2, -0.15) is 0 Å². The van der Waals surface area contributed by atoms with Crippen LogP contribution in [0, 0.1) is 5.82 Å². The van der Waals surface area contributed by atoms with E-state index in [2.05, 4.69) is 33.4 Å². The third-order valence-corrected chi connectivity index (χ3v) is 6.77. The van der Waals surface area contributed by atoms with E-state index < -0.39 is 6.10 Å². The summed E-state index contributed by atoms with van der Waals surface area (Å²) in [4.78, 5) is 2.48. The fraction of sp³-hybridized carbons (Fsp3) is 0.417. The molecule has 1 atom stereocenters. The first kappa shape index (κ1) is 19.4. The van der Waals surface area contributed by atoms with Gasteiger partial charge >= 0.3 is 0 Å². The van der Waals surface area contributed by atoms with Gasteiger partial charge in [0.15, 0.2) is 0 Å². The van der Waals surface area contributed by atoms with Gasteiger partial charge in [-0.05, 0) is 42.5 Å². The van der Waals surface area contributed by atoms with Gasteiger partial charge in [0, 0.05) is 18.6 Å². The Labute approximate surface area is 176 Å². The van der Waals surface area contributed by atoms with Crippen LogP contribution in [0.15, 0.2) is 54.7 Å². The Balaban J connectivity index is 1.50. The van der Waals surface area contributed by atoms with Crippen molar-refractivity contribution in [3.8, 4) is 5.69 Å². The second kappa shape index (κ2) is 7.93. The van der Waals surface area contributed by atoms with E-state index in [4.69, 9.17) is 0 Å². The maximum atomic E-state index is 14.2. The van der Waals surface area contributed by atoms with Gasteiger partial charge < -0.3 is 5.11 Å². The lowest BCUT2D eigenvalue weighted by molar-refractivity contribution is 0.0359. The van der Waals surface area contributed by atoms with E-state index in [0.29, 0.717) is 18.7 Å². The molecule has 2 aliphatic rings. The molecule has 0 bridgehead atoms. The van der Waals surface area contributed by atoms with Crippen molar-refractivity contribution in [2.24, 2.45) is 0 Å². The number of para-hydroxylation sites is 1. The fourth-order valence-corrected chi connectivity index (χ4v) is 5.30. The van der Waals surface area contributed by atoms with Gasteiger partial charge in [-0.3, -0.25) is 4.90 Å². The van der Waals surface area contributed by atoms with Crippen molar-refractivity contribution in [1.29, 1.82) is 0 Å². The average molecular weight is 407 g/mol. The first-order valence-corrected chi connectivity index (χ1v) is 10.9. The molecule has 2 aromatic carbocycles. The molecule has 156 valence electrons. The minimum atomic E-state index is -0.445. The maximum absolute atomic E-state index is 14.2. The van der Waals surface area contributed by atoms with Crippen LogP contribution in [0.2, 0.25) is 0 Å². The molecule has 30 heavy (non-hydrogen) atoms. The molecule has 1 unspecified atom stereocenters. The molecule has 0 saturated heterocycles. The van der Waals surface area contributed by atoms with Crippen molar-refractivity contribution in [1.82, 2.24) is 19.9 Å². The summed E-state index contributed by atoms with van der Waals surface area (Å²) in [5.41, 5.74) is 3.46. The van der Waals surface area contributed by atoms with Crippen molar-refractivity contribution in [3.05, 3.63) is 77.4 Å². The normalized spacial score (nSPS) is 21.3.